The second-order valence-corrected chi connectivity index (χ2v) is 4.65. The number of hydrogen-bond donors (Lipinski definition) is 1. The van der Waals surface area contributed by atoms with Crippen molar-refractivity contribution in [3.63, 3.8) is 0 Å². The standard InChI is InChI=1S/C11H22N2O4/c1-11(2,3)17-10(15)8(12-4)7-9(14)13(5)16-6/h8,12H,7H2,1-6H3. The summed E-state index contributed by atoms with van der Waals surface area (Å²) in [6.07, 6.45) is -0.00421. The molecule has 0 radical (unpaired) electrons. The van der Waals surface area contributed by atoms with Crippen LogP contribution in [0.2, 0.25) is 0 Å². The molecule has 0 heterocycles. The predicted octanol–water partition coefficient (Wildman–Crippen LogP) is 0.326. The third kappa shape index (κ3) is 6.23. The lowest BCUT2D eigenvalue weighted by Crippen LogP contribution is -2.43. The van der Waals surface area contributed by atoms with Crippen molar-refractivity contribution in [1.82, 2.24) is 10.4 Å². The minimum atomic E-state index is -0.667. The molecule has 0 rings (SSSR count). The third-order valence-electron chi connectivity index (χ3n) is 2.04. The lowest BCUT2D eigenvalue weighted by molar-refractivity contribution is -0.172. The average molecular weight is 246 g/mol. The van der Waals surface area contributed by atoms with Gasteiger partial charge in [0.25, 0.3) is 0 Å². The van der Waals surface area contributed by atoms with Crippen LogP contribution < -0.4 is 5.32 Å². The van der Waals surface area contributed by atoms with Gasteiger partial charge in [-0.1, -0.05) is 0 Å². The number of nitrogens with one attached hydrogen (secondary N) is 1. The van der Waals surface area contributed by atoms with E-state index in [9.17, 15) is 9.59 Å². The second kappa shape index (κ2) is 6.56. The molecule has 0 aliphatic heterocycles. The first-order chi connectivity index (χ1) is 7.71. The smallest absolute Gasteiger partial charge is 0.324 e. The highest BCUT2D eigenvalue weighted by molar-refractivity contribution is 5.84. The van der Waals surface area contributed by atoms with Gasteiger partial charge in [0.05, 0.1) is 13.5 Å². The maximum absolute atomic E-state index is 11.7. The predicted molar refractivity (Wildman–Crippen MR) is 63.1 cm³/mol. The van der Waals surface area contributed by atoms with Gasteiger partial charge in [-0.05, 0) is 27.8 Å². The number of carbonyl (C=O) groups is 2. The van der Waals surface area contributed by atoms with Crippen LogP contribution in [0.5, 0.6) is 0 Å². The summed E-state index contributed by atoms with van der Waals surface area (Å²) in [5, 5.41) is 3.83. The van der Waals surface area contributed by atoms with Crippen LogP contribution in [0.25, 0.3) is 0 Å². The zero-order valence-electron chi connectivity index (χ0n) is 11.4. The summed E-state index contributed by atoms with van der Waals surface area (Å²) in [7, 11) is 4.48. The molecule has 0 saturated heterocycles. The number of esters is 1. The fraction of sp³-hybridized carbons (Fsp3) is 0.818. The van der Waals surface area contributed by atoms with Gasteiger partial charge in [-0.15, -0.1) is 0 Å². The molecule has 0 saturated carbocycles. The van der Waals surface area contributed by atoms with Gasteiger partial charge in [0.1, 0.15) is 11.6 Å². The molecule has 6 nitrogen and oxygen atoms in total. The fourth-order valence-electron chi connectivity index (χ4n) is 1.08. The summed E-state index contributed by atoms with van der Waals surface area (Å²) in [5.41, 5.74) is -0.567. The molecule has 0 bridgehead atoms. The Morgan fingerprint density at radius 2 is 1.88 bits per heavy atom. The van der Waals surface area contributed by atoms with Gasteiger partial charge in [-0.25, -0.2) is 5.06 Å². The van der Waals surface area contributed by atoms with E-state index in [2.05, 4.69) is 5.32 Å². The van der Waals surface area contributed by atoms with Crippen LogP contribution in [0.4, 0.5) is 0 Å². The third-order valence-corrected chi connectivity index (χ3v) is 2.04. The Bertz CT molecular complexity index is 273. The molecule has 1 amide bonds. The summed E-state index contributed by atoms with van der Waals surface area (Å²) in [5.74, 6) is -0.740. The first-order valence-electron chi connectivity index (χ1n) is 5.42. The molecule has 0 aromatic rings. The summed E-state index contributed by atoms with van der Waals surface area (Å²) >= 11 is 0. The van der Waals surface area contributed by atoms with Crippen molar-refractivity contribution in [3.8, 4) is 0 Å². The molecule has 17 heavy (non-hydrogen) atoms. The van der Waals surface area contributed by atoms with E-state index in [1.165, 1.54) is 14.2 Å². The first-order valence-corrected chi connectivity index (χ1v) is 5.42. The van der Waals surface area contributed by atoms with Crippen LogP contribution in [0.15, 0.2) is 0 Å². The molecule has 0 aromatic carbocycles. The van der Waals surface area contributed by atoms with Gasteiger partial charge in [-0.2, -0.15) is 0 Å². The van der Waals surface area contributed by atoms with Crippen molar-refractivity contribution >= 4 is 11.9 Å². The maximum Gasteiger partial charge on any atom is 0.324 e. The molecule has 0 aliphatic rings. The molecular formula is C11H22N2O4. The molecule has 0 spiro atoms. The van der Waals surface area contributed by atoms with Crippen molar-refractivity contribution in [2.75, 3.05) is 21.2 Å². The van der Waals surface area contributed by atoms with E-state index in [0.29, 0.717) is 0 Å². The van der Waals surface area contributed by atoms with E-state index in [-0.39, 0.29) is 12.3 Å². The van der Waals surface area contributed by atoms with Gasteiger partial charge in [0.15, 0.2) is 0 Å². The van der Waals surface area contributed by atoms with Crippen molar-refractivity contribution in [2.24, 2.45) is 0 Å². The van der Waals surface area contributed by atoms with Gasteiger partial charge in [0, 0.05) is 7.05 Å². The zero-order valence-corrected chi connectivity index (χ0v) is 11.4. The molecule has 0 aliphatic carbocycles. The highest BCUT2D eigenvalue weighted by Gasteiger charge is 2.27. The summed E-state index contributed by atoms with van der Waals surface area (Å²) < 4.78 is 5.19. The number of ether oxygens (including phenoxy) is 1. The molecule has 1 atom stereocenters. The van der Waals surface area contributed by atoms with E-state index in [1.54, 1.807) is 27.8 Å². The largest absolute Gasteiger partial charge is 0.459 e. The Balaban J connectivity index is 4.43. The van der Waals surface area contributed by atoms with Gasteiger partial charge in [-0.3, -0.25) is 14.4 Å². The van der Waals surface area contributed by atoms with Gasteiger partial charge < -0.3 is 10.1 Å². The van der Waals surface area contributed by atoms with E-state index in [4.69, 9.17) is 9.57 Å². The van der Waals surface area contributed by atoms with Crippen molar-refractivity contribution in [1.29, 1.82) is 0 Å². The van der Waals surface area contributed by atoms with E-state index in [0.717, 1.165) is 5.06 Å². The number of nitrogens with zero attached hydrogens (tertiary/aromatic N) is 1. The van der Waals surface area contributed by atoms with Gasteiger partial charge in [0.2, 0.25) is 5.91 Å². The van der Waals surface area contributed by atoms with Crippen molar-refractivity contribution < 1.29 is 19.2 Å². The topological polar surface area (TPSA) is 67.9 Å². The highest BCUT2D eigenvalue weighted by atomic mass is 16.7. The molecule has 0 aromatic heterocycles. The number of amides is 1. The number of carbonyl (C=O) groups excluding carboxylic acids is 2. The van der Waals surface area contributed by atoms with E-state index < -0.39 is 17.6 Å². The fourth-order valence-corrected chi connectivity index (χ4v) is 1.08. The molecule has 1 unspecified atom stereocenters. The Hall–Kier alpha value is -1.14. The lowest BCUT2D eigenvalue weighted by atomic mass is 10.1. The summed E-state index contributed by atoms with van der Waals surface area (Å²) in [6, 6.07) is -0.667. The van der Waals surface area contributed by atoms with Crippen LogP contribution >= 0.6 is 0 Å². The number of likely N-dealkylation sites (N-methyl/N-ethyl adjacent to an activating group) is 1. The normalized spacial score (nSPS) is 13.1. The SMILES string of the molecule is CNC(CC(=O)N(C)OC)C(=O)OC(C)(C)C. The van der Waals surface area contributed by atoms with Crippen LogP contribution in [0.1, 0.15) is 27.2 Å². The highest BCUT2D eigenvalue weighted by Crippen LogP contribution is 2.10. The number of hydrogen-bond acceptors (Lipinski definition) is 5. The van der Waals surface area contributed by atoms with Crippen molar-refractivity contribution in [3.05, 3.63) is 0 Å². The number of hydroxylamine groups is 2. The zero-order chi connectivity index (χ0) is 13.6. The molecular weight excluding hydrogens is 224 g/mol. The average Bonchev–Trinajstić information content (AvgIpc) is 2.21. The molecule has 0 fully saturated rings. The maximum atomic E-state index is 11.7. The Morgan fingerprint density at radius 3 is 2.24 bits per heavy atom. The Labute approximate surface area is 102 Å². The van der Waals surface area contributed by atoms with E-state index >= 15 is 0 Å². The minimum absolute atomic E-state index is 0.00421. The quantitative estimate of drug-likeness (QED) is 0.559. The summed E-state index contributed by atoms with van der Waals surface area (Å²) in [4.78, 5) is 28.0. The van der Waals surface area contributed by atoms with Crippen LogP contribution in [-0.2, 0) is 19.2 Å². The van der Waals surface area contributed by atoms with Gasteiger partial charge >= 0.3 is 5.97 Å². The van der Waals surface area contributed by atoms with Crippen LogP contribution in [0.3, 0.4) is 0 Å². The van der Waals surface area contributed by atoms with Crippen LogP contribution in [0, 0.1) is 0 Å². The molecule has 100 valence electrons. The van der Waals surface area contributed by atoms with Crippen molar-refractivity contribution in [2.45, 2.75) is 38.8 Å². The second-order valence-electron chi connectivity index (χ2n) is 4.65. The first kappa shape index (κ1) is 15.9. The monoisotopic (exact) mass is 246 g/mol. The molecule has 6 heteroatoms. The van der Waals surface area contributed by atoms with Crippen LogP contribution in [-0.4, -0.2) is 49.8 Å². The van der Waals surface area contributed by atoms with E-state index in [1.807, 2.05) is 0 Å². The minimum Gasteiger partial charge on any atom is -0.459 e. The summed E-state index contributed by atoms with van der Waals surface area (Å²) in [6.45, 7) is 5.34. The Morgan fingerprint density at radius 1 is 1.35 bits per heavy atom. The number of rotatable bonds is 5. The Kier molecular flexibility index (Phi) is 6.12. The lowest BCUT2D eigenvalue weighted by Gasteiger charge is -2.24. The molecule has 1 N–H and O–H groups in total.